The van der Waals surface area contributed by atoms with E-state index in [-0.39, 0.29) is 0 Å². The van der Waals surface area contributed by atoms with Crippen molar-refractivity contribution in [3.63, 3.8) is 0 Å². The summed E-state index contributed by atoms with van der Waals surface area (Å²) in [5.74, 6) is 9.03. The summed E-state index contributed by atoms with van der Waals surface area (Å²) in [6.45, 7) is 3.11. The molecule has 3 nitrogen and oxygen atoms in total. The molecule has 3 N–H and O–H groups in total. The Hall–Kier alpha value is -1.06. The summed E-state index contributed by atoms with van der Waals surface area (Å²) < 4.78 is 5.98. The Morgan fingerprint density at radius 3 is 2.90 bits per heavy atom. The SMILES string of the molecule is CCC1CCCCC1C(NN)C1COc2ccccc2C1. The van der Waals surface area contributed by atoms with Crippen molar-refractivity contribution in [2.75, 3.05) is 6.61 Å². The van der Waals surface area contributed by atoms with Crippen LogP contribution in [0, 0.1) is 17.8 Å². The van der Waals surface area contributed by atoms with Gasteiger partial charge in [-0.15, -0.1) is 0 Å². The lowest BCUT2D eigenvalue weighted by atomic mass is 9.70. The van der Waals surface area contributed by atoms with Crippen LogP contribution in [0.4, 0.5) is 0 Å². The quantitative estimate of drug-likeness (QED) is 0.660. The van der Waals surface area contributed by atoms with Crippen molar-refractivity contribution in [3.05, 3.63) is 29.8 Å². The molecule has 1 aromatic carbocycles. The van der Waals surface area contributed by atoms with Crippen LogP contribution in [0.15, 0.2) is 24.3 Å². The molecule has 2 aliphatic rings. The van der Waals surface area contributed by atoms with Gasteiger partial charge in [-0.2, -0.15) is 0 Å². The number of hydrogen-bond donors (Lipinski definition) is 2. The average molecular weight is 288 g/mol. The number of rotatable bonds is 4. The largest absolute Gasteiger partial charge is 0.493 e. The second-order valence-corrected chi connectivity index (χ2v) is 6.69. The fraction of sp³-hybridized carbons (Fsp3) is 0.667. The van der Waals surface area contributed by atoms with Gasteiger partial charge in [0, 0.05) is 12.0 Å². The first-order valence-corrected chi connectivity index (χ1v) is 8.50. The Morgan fingerprint density at radius 1 is 1.29 bits per heavy atom. The van der Waals surface area contributed by atoms with Gasteiger partial charge in [-0.3, -0.25) is 11.3 Å². The zero-order valence-electron chi connectivity index (χ0n) is 13.1. The lowest BCUT2D eigenvalue weighted by Gasteiger charge is -2.41. The van der Waals surface area contributed by atoms with Crippen molar-refractivity contribution in [2.24, 2.45) is 23.6 Å². The van der Waals surface area contributed by atoms with Gasteiger partial charge in [-0.25, -0.2) is 0 Å². The van der Waals surface area contributed by atoms with Gasteiger partial charge in [0.05, 0.1) is 6.61 Å². The molecule has 4 unspecified atom stereocenters. The first-order valence-electron chi connectivity index (χ1n) is 8.50. The van der Waals surface area contributed by atoms with Gasteiger partial charge < -0.3 is 4.74 Å². The Kier molecular flexibility index (Phi) is 4.81. The predicted octanol–water partition coefficient (Wildman–Crippen LogP) is 3.29. The third kappa shape index (κ3) is 3.09. The van der Waals surface area contributed by atoms with Gasteiger partial charge in [-0.05, 0) is 36.3 Å². The van der Waals surface area contributed by atoms with Gasteiger partial charge in [0.1, 0.15) is 5.75 Å². The second-order valence-electron chi connectivity index (χ2n) is 6.69. The molecule has 3 heteroatoms. The van der Waals surface area contributed by atoms with Gasteiger partial charge in [0.25, 0.3) is 0 Å². The molecule has 3 rings (SSSR count). The lowest BCUT2D eigenvalue weighted by Crippen LogP contribution is -2.52. The number of ether oxygens (including phenoxy) is 1. The normalized spacial score (nSPS) is 30.3. The summed E-state index contributed by atoms with van der Waals surface area (Å²) in [6, 6.07) is 8.79. The molecule has 0 aromatic heterocycles. The van der Waals surface area contributed by atoms with Gasteiger partial charge >= 0.3 is 0 Å². The summed E-state index contributed by atoms with van der Waals surface area (Å²) in [5, 5.41) is 0. The number of nitrogens with one attached hydrogen (secondary N) is 1. The van der Waals surface area contributed by atoms with Crippen molar-refractivity contribution < 1.29 is 4.74 Å². The topological polar surface area (TPSA) is 47.3 Å². The first-order chi connectivity index (χ1) is 10.3. The molecule has 0 spiro atoms. The molecule has 0 saturated heterocycles. The monoisotopic (exact) mass is 288 g/mol. The number of hydrogen-bond acceptors (Lipinski definition) is 3. The number of hydrazine groups is 1. The van der Waals surface area contributed by atoms with E-state index in [1.54, 1.807) is 0 Å². The van der Waals surface area contributed by atoms with Crippen LogP contribution in [0.25, 0.3) is 0 Å². The van der Waals surface area contributed by atoms with Crippen LogP contribution in [0.3, 0.4) is 0 Å². The van der Waals surface area contributed by atoms with Crippen molar-refractivity contribution in [1.82, 2.24) is 5.43 Å². The maximum Gasteiger partial charge on any atom is 0.122 e. The maximum atomic E-state index is 5.98. The molecule has 1 aromatic rings. The van der Waals surface area contributed by atoms with E-state index >= 15 is 0 Å². The van der Waals surface area contributed by atoms with Crippen LogP contribution < -0.4 is 16.0 Å². The van der Waals surface area contributed by atoms with Crippen molar-refractivity contribution >= 4 is 0 Å². The molecule has 1 aliphatic heterocycles. The van der Waals surface area contributed by atoms with Gasteiger partial charge in [-0.1, -0.05) is 50.8 Å². The average Bonchev–Trinajstić information content (AvgIpc) is 2.56. The van der Waals surface area contributed by atoms with E-state index in [1.807, 2.05) is 6.07 Å². The predicted molar refractivity (Wildman–Crippen MR) is 86.0 cm³/mol. The molecule has 0 bridgehead atoms. The van der Waals surface area contributed by atoms with Crippen LogP contribution >= 0.6 is 0 Å². The molecule has 0 amide bonds. The van der Waals surface area contributed by atoms with E-state index < -0.39 is 0 Å². The van der Waals surface area contributed by atoms with Crippen LogP contribution in [0.5, 0.6) is 5.75 Å². The highest BCUT2D eigenvalue weighted by atomic mass is 16.5. The van der Waals surface area contributed by atoms with Gasteiger partial charge in [0.15, 0.2) is 0 Å². The van der Waals surface area contributed by atoms with Crippen LogP contribution in [-0.2, 0) is 6.42 Å². The standard InChI is InChI=1S/C18H28N2O/c1-2-13-7-3-5-9-16(13)18(20-19)15-11-14-8-4-6-10-17(14)21-12-15/h4,6,8,10,13,15-16,18,20H,2-3,5,7,9,11-12,19H2,1H3. The summed E-state index contributed by atoms with van der Waals surface area (Å²) in [5.41, 5.74) is 4.49. The summed E-state index contributed by atoms with van der Waals surface area (Å²) in [7, 11) is 0. The highest BCUT2D eigenvalue weighted by Gasteiger charge is 2.36. The minimum Gasteiger partial charge on any atom is -0.493 e. The molecular formula is C18H28N2O. The number of benzene rings is 1. The van der Waals surface area contributed by atoms with Crippen LogP contribution in [0.1, 0.15) is 44.6 Å². The molecule has 1 aliphatic carbocycles. The van der Waals surface area contributed by atoms with E-state index in [1.165, 1.54) is 37.7 Å². The zero-order chi connectivity index (χ0) is 14.7. The van der Waals surface area contributed by atoms with Crippen LogP contribution in [-0.4, -0.2) is 12.6 Å². The first kappa shape index (κ1) is 14.9. The van der Waals surface area contributed by atoms with Crippen molar-refractivity contribution in [2.45, 2.75) is 51.5 Å². The van der Waals surface area contributed by atoms with E-state index in [9.17, 15) is 0 Å². The Labute approximate surface area is 128 Å². The van der Waals surface area contributed by atoms with Crippen molar-refractivity contribution in [1.29, 1.82) is 0 Å². The smallest absolute Gasteiger partial charge is 0.122 e. The van der Waals surface area contributed by atoms with Crippen molar-refractivity contribution in [3.8, 4) is 5.75 Å². The minimum absolute atomic E-state index is 0.378. The summed E-state index contributed by atoms with van der Waals surface area (Å²) in [4.78, 5) is 0. The molecular weight excluding hydrogens is 260 g/mol. The molecule has 1 fully saturated rings. The molecule has 116 valence electrons. The third-order valence-electron chi connectivity index (χ3n) is 5.56. The van der Waals surface area contributed by atoms with Gasteiger partial charge in [0.2, 0.25) is 0 Å². The number of nitrogens with two attached hydrogens (primary N) is 1. The maximum absolute atomic E-state index is 5.98. The Balaban J connectivity index is 1.75. The molecule has 1 saturated carbocycles. The lowest BCUT2D eigenvalue weighted by molar-refractivity contribution is 0.0987. The Morgan fingerprint density at radius 2 is 2.10 bits per heavy atom. The third-order valence-corrected chi connectivity index (χ3v) is 5.56. The fourth-order valence-corrected chi connectivity index (χ4v) is 4.41. The summed E-state index contributed by atoms with van der Waals surface area (Å²) >= 11 is 0. The molecule has 1 heterocycles. The zero-order valence-corrected chi connectivity index (χ0v) is 13.1. The van der Waals surface area contributed by atoms with Crippen LogP contribution in [0.2, 0.25) is 0 Å². The minimum atomic E-state index is 0.378. The van der Waals surface area contributed by atoms with E-state index in [4.69, 9.17) is 10.6 Å². The number of para-hydroxylation sites is 1. The Bertz CT molecular complexity index is 462. The molecule has 21 heavy (non-hydrogen) atoms. The molecule has 4 atom stereocenters. The van der Waals surface area contributed by atoms with E-state index in [0.717, 1.165) is 24.7 Å². The highest BCUT2D eigenvalue weighted by molar-refractivity contribution is 5.35. The summed E-state index contributed by atoms with van der Waals surface area (Å²) in [6.07, 6.45) is 7.76. The fourth-order valence-electron chi connectivity index (χ4n) is 4.41. The molecule has 0 radical (unpaired) electrons. The van der Waals surface area contributed by atoms with E-state index in [2.05, 4.69) is 30.5 Å². The number of fused-ring (bicyclic) bond motifs is 1. The van der Waals surface area contributed by atoms with E-state index in [0.29, 0.717) is 17.9 Å². The highest BCUT2D eigenvalue weighted by Crippen LogP contribution is 2.38. The second kappa shape index (κ2) is 6.80.